The van der Waals surface area contributed by atoms with Crippen molar-refractivity contribution in [1.29, 1.82) is 0 Å². The molecular weight excluding hydrogens is 350 g/mol. The number of pyridine rings is 1. The summed E-state index contributed by atoms with van der Waals surface area (Å²) >= 11 is 0. The first-order chi connectivity index (χ1) is 13.6. The van der Waals surface area contributed by atoms with E-state index in [0.29, 0.717) is 18.2 Å². The van der Waals surface area contributed by atoms with Crippen molar-refractivity contribution in [3.05, 3.63) is 77.9 Å². The third-order valence-electron chi connectivity index (χ3n) is 4.58. The Balaban J connectivity index is 1.51. The maximum absolute atomic E-state index is 6.06. The van der Waals surface area contributed by atoms with Gasteiger partial charge in [0.15, 0.2) is 0 Å². The van der Waals surface area contributed by atoms with E-state index < -0.39 is 0 Å². The van der Waals surface area contributed by atoms with Crippen LogP contribution < -0.4 is 15.8 Å². The van der Waals surface area contributed by atoms with Crippen molar-refractivity contribution in [3.8, 4) is 5.75 Å². The highest BCUT2D eigenvalue weighted by molar-refractivity contribution is 5.96. The van der Waals surface area contributed by atoms with Crippen molar-refractivity contribution in [3.63, 3.8) is 0 Å². The number of fused-ring (bicyclic) bond motifs is 1. The number of hydrogen-bond acceptors (Lipinski definition) is 6. The van der Waals surface area contributed by atoms with E-state index >= 15 is 0 Å². The Morgan fingerprint density at radius 1 is 0.929 bits per heavy atom. The molecule has 0 aliphatic heterocycles. The number of anilines is 3. The standard InChI is InChI=1S/C22H21N5O/c1-14-15(2)26-22(12-25-14)27-21-11-16(9-10-24-21)13-28-20-8-7-19(23)17-5-3-4-6-18(17)20/h3-12H,13,23H2,1-2H3,(H,24,26,27). The second-order valence-electron chi connectivity index (χ2n) is 6.59. The lowest BCUT2D eigenvalue weighted by Crippen LogP contribution is -2.02. The molecule has 0 atom stereocenters. The minimum absolute atomic E-state index is 0.420. The quantitative estimate of drug-likeness (QED) is 0.501. The molecule has 0 aliphatic rings. The first kappa shape index (κ1) is 17.7. The van der Waals surface area contributed by atoms with E-state index in [-0.39, 0.29) is 0 Å². The van der Waals surface area contributed by atoms with Crippen molar-refractivity contribution in [1.82, 2.24) is 15.0 Å². The van der Waals surface area contributed by atoms with Crippen LogP contribution in [0.15, 0.2) is 60.9 Å². The fourth-order valence-electron chi connectivity index (χ4n) is 2.95. The van der Waals surface area contributed by atoms with Gasteiger partial charge in [-0.25, -0.2) is 9.97 Å². The highest BCUT2D eigenvalue weighted by Gasteiger charge is 2.06. The Labute approximate surface area is 163 Å². The van der Waals surface area contributed by atoms with Crippen LogP contribution in [-0.4, -0.2) is 15.0 Å². The van der Waals surface area contributed by atoms with E-state index in [1.807, 2.05) is 62.4 Å². The van der Waals surface area contributed by atoms with E-state index in [1.54, 1.807) is 12.4 Å². The molecule has 0 saturated carbocycles. The Morgan fingerprint density at radius 2 is 1.75 bits per heavy atom. The van der Waals surface area contributed by atoms with Gasteiger partial charge in [-0.05, 0) is 43.7 Å². The summed E-state index contributed by atoms with van der Waals surface area (Å²) in [5, 5.41) is 5.18. The van der Waals surface area contributed by atoms with E-state index in [4.69, 9.17) is 10.5 Å². The lowest BCUT2D eigenvalue weighted by Gasteiger charge is -2.12. The molecule has 3 N–H and O–H groups in total. The predicted molar refractivity (Wildman–Crippen MR) is 112 cm³/mol. The molecule has 0 amide bonds. The molecule has 2 aromatic carbocycles. The smallest absolute Gasteiger partial charge is 0.150 e. The lowest BCUT2D eigenvalue weighted by molar-refractivity contribution is 0.310. The van der Waals surface area contributed by atoms with Gasteiger partial charge in [0.05, 0.1) is 17.6 Å². The zero-order valence-electron chi connectivity index (χ0n) is 15.8. The number of ether oxygens (including phenoxy) is 1. The second kappa shape index (κ2) is 7.52. The van der Waals surface area contributed by atoms with Gasteiger partial charge >= 0.3 is 0 Å². The molecular formula is C22H21N5O. The number of nitrogens with one attached hydrogen (secondary N) is 1. The maximum atomic E-state index is 6.06. The molecule has 2 aromatic heterocycles. The molecule has 28 heavy (non-hydrogen) atoms. The van der Waals surface area contributed by atoms with Gasteiger partial charge in [0, 0.05) is 22.7 Å². The minimum atomic E-state index is 0.420. The first-order valence-electron chi connectivity index (χ1n) is 9.02. The van der Waals surface area contributed by atoms with Crippen molar-refractivity contribution >= 4 is 28.1 Å². The zero-order chi connectivity index (χ0) is 19.5. The molecule has 4 aromatic rings. The van der Waals surface area contributed by atoms with Crippen LogP contribution in [0.25, 0.3) is 10.8 Å². The Bertz CT molecular complexity index is 1140. The summed E-state index contributed by atoms with van der Waals surface area (Å²) in [4.78, 5) is 13.2. The molecule has 0 unspecified atom stereocenters. The van der Waals surface area contributed by atoms with Crippen molar-refractivity contribution < 1.29 is 4.74 Å². The first-order valence-corrected chi connectivity index (χ1v) is 9.02. The predicted octanol–water partition coefficient (Wildman–Crippen LogP) is 4.55. The Kier molecular flexibility index (Phi) is 4.76. The molecule has 0 fully saturated rings. The number of benzene rings is 2. The highest BCUT2D eigenvalue weighted by atomic mass is 16.5. The Morgan fingerprint density at radius 3 is 2.57 bits per heavy atom. The van der Waals surface area contributed by atoms with Crippen LogP contribution >= 0.6 is 0 Å². The summed E-state index contributed by atoms with van der Waals surface area (Å²) in [7, 11) is 0. The van der Waals surface area contributed by atoms with Crippen LogP contribution in [0, 0.1) is 13.8 Å². The second-order valence-corrected chi connectivity index (χ2v) is 6.59. The molecule has 0 aliphatic carbocycles. The summed E-state index contributed by atoms with van der Waals surface area (Å²) in [6, 6.07) is 15.6. The van der Waals surface area contributed by atoms with Crippen LogP contribution in [-0.2, 0) is 6.61 Å². The third-order valence-corrected chi connectivity index (χ3v) is 4.58. The maximum Gasteiger partial charge on any atom is 0.150 e. The largest absolute Gasteiger partial charge is 0.488 e. The number of nitrogens with two attached hydrogens (primary N) is 1. The number of rotatable bonds is 5. The van der Waals surface area contributed by atoms with Gasteiger partial charge in [0.25, 0.3) is 0 Å². The monoisotopic (exact) mass is 371 g/mol. The normalized spacial score (nSPS) is 10.8. The Hall–Kier alpha value is -3.67. The zero-order valence-corrected chi connectivity index (χ0v) is 15.8. The topological polar surface area (TPSA) is 86.0 Å². The van der Waals surface area contributed by atoms with Crippen molar-refractivity contribution in [2.45, 2.75) is 20.5 Å². The average Bonchev–Trinajstić information content (AvgIpc) is 2.71. The molecule has 2 heterocycles. The summed E-state index contributed by atoms with van der Waals surface area (Å²) < 4.78 is 6.06. The van der Waals surface area contributed by atoms with Crippen LogP contribution in [0.2, 0.25) is 0 Å². The van der Waals surface area contributed by atoms with Crippen LogP contribution in [0.1, 0.15) is 17.0 Å². The van der Waals surface area contributed by atoms with Crippen molar-refractivity contribution in [2.75, 3.05) is 11.1 Å². The molecule has 0 bridgehead atoms. The van der Waals surface area contributed by atoms with E-state index in [9.17, 15) is 0 Å². The average molecular weight is 371 g/mol. The lowest BCUT2D eigenvalue weighted by atomic mass is 10.1. The number of aromatic nitrogens is 3. The van der Waals surface area contributed by atoms with E-state index in [2.05, 4.69) is 20.3 Å². The molecule has 6 nitrogen and oxygen atoms in total. The SMILES string of the molecule is Cc1ncc(Nc2cc(COc3ccc(N)c4ccccc34)ccn2)nc1C. The molecule has 4 rings (SSSR count). The van der Waals surface area contributed by atoms with E-state index in [0.717, 1.165) is 39.2 Å². The van der Waals surface area contributed by atoms with E-state index in [1.165, 1.54) is 0 Å². The van der Waals surface area contributed by atoms with Gasteiger partial charge in [-0.3, -0.25) is 4.98 Å². The summed E-state index contributed by atoms with van der Waals surface area (Å²) in [6.07, 6.45) is 3.45. The fourth-order valence-corrected chi connectivity index (χ4v) is 2.95. The van der Waals surface area contributed by atoms with Gasteiger partial charge in [-0.2, -0.15) is 0 Å². The molecule has 0 radical (unpaired) electrons. The molecule has 140 valence electrons. The van der Waals surface area contributed by atoms with Crippen LogP contribution in [0.4, 0.5) is 17.3 Å². The van der Waals surface area contributed by atoms with Gasteiger partial charge < -0.3 is 15.8 Å². The molecule has 0 saturated heterocycles. The minimum Gasteiger partial charge on any atom is -0.488 e. The molecule has 0 spiro atoms. The third kappa shape index (κ3) is 3.71. The number of nitrogen functional groups attached to an aromatic ring is 1. The van der Waals surface area contributed by atoms with Gasteiger partial charge in [-0.1, -0.05) is 24.3 Å². The van der Waals surface area contributed by atoms with Gasteiger partial charge in [0.2, 0.25) is 0 Å². The summed E-state index contributed by atoms with van der Waals surface area (Å²) in [5.41, 5.74) is 9.60. The number of aryl methyl sites for hydroxylation is 2. The summed E-state index contributed by atoms with van der Waals surface area (Å²) in [5.74, 6) is 2.16. The van der Waals surface area contributed by atoms with Crippen LogP contribution in [0.5, 0.6) is 5.75 Å². The van der Waals surface area contributed by atoms with Gasteiger partial charge in [-0.15, -0.1) is 0 Å². The van der Waals surface area contributed by atoms with Crippen molar-refractivity contribution in [2.24, 2.45) is 0 Å². The fraction of sp³-hybridized carbons (Fsp3) is 0.136. The highest BCUT2D eigenvalue weighted by Crippen LogP contribution is 2.30. The number of hydrogen-bond donors (Lipinski definition) is 2. The number of nitrogens with zero attached hydrogens (tertiary/aromatic N) is 3. The molecule has 6 heteroatoms. The summed E-state index contributed by atoms with van der Waals surface area (Å²) in [6.45, 7) is 4.29. The van der Waals surface area contributed by atoms with Crippen LogP contribution in [0.3, 0.4) is 0 Å². The van der Waals surface area contributed by atoms with Gasteiger partial charge in [0.1, 0.15) is 24.0 Å².